The van der Waals surface area contributed by atoms with Gasteiger partial charge in [-0.1, -0.05) is 18.0 Å². The fraction of sp³-hybridized carbons (Fsp3) is 0.444. The fourth-order valence-electron chi connectivity index (χ4n) is 2.58. The number of methoxy groups -OCH3 is 1. The molecule has 2 rings (SSSR count). The summed E-state index contributed by atoms with van der Waals surface area (Å²) in [5.74, 6) is -0.208. The van der Waals surface area contributed by atoms with E-state index in [0.717, 1.165) is 19.3 Å². The molecule has 0 unspecified atom stereocenters. The molecule has 0 fully saturated rings. The van der Waals surface area contributed by atoms with Crippen LogP contribution < -0.4 is 21.8 Å². The van der Waals surface area contributed by atoms with Crippen LogP contribution in [0, 0.1) is 0 Å². The van der Waals surface area contributed by atoms with Gasteiger partial charge in [0.25, 0.3) is 0 Å². The van der Waals surface area contributed by atoms with Gasteiger partial charge in [-0.15, -0.1) is 0 Å². The molecule has 0 atom stereocenters. The maximum atomic E-state index is 12.4. The molecule has 0 amide bonds. The second-order valence-corrected chi connectivity index (χ2v) is 6.22. The first-order valence-electron chi connectivity index (χ1n) is 8.40. The van der Waals surface area contributed by atoms with Crippen LogP contribution in [0.3, 0.4) is 0 Å². The lowest BCUT2D eigenvalue weighted by molar-refractivity contribution is 0.0979. The highest BCUT2D eigenvalue weighted by atomic mass is 35.5. The SMILES string of the molecule is COCCOc1oc(=O)c2cc(C(=O)CCCCCN)cc(N)c2c1Cl. The van der Waals surface area contributed by atoms with Crippen molar-refractivity contribution in [3.8, 4) is 5.95 Å². The number of ketones is 1. The number of fused-ring (bicyclic) bond motifs is 1. The number of benzene rings is 1. The van der Waals surface area contributed by atoms with Gasteiger partial charge < -0.3 is 25.4 Å². The molecule has 0 aliphatic heterocycles. The molecule has 0 radical (unpaired) electrons. The lowest BCUT2D eigenvalue weighted by Crippen LogP contribution is -2.10. The lowest BCUT2D eigenvalue weighted by Gasteiger charge is -2.11. The third-order valence-electron chi connectivity index (χ3n) is 3.92. The molecule has 142 valence electrons. The number of nitrogen functional groups attached to an aromatic ring is 1. The fourth-order valence-corrected chi connectivity index (χ4v) is 2.88. The van der Waals surface area contributed by atoms with E-state index in [2.05, 4.69) is 0 Å². The Hall–Kier alpha value is -2.09. The number of carbonyl (C=O) groups excluding carboxylic acids is 1. The quantitative estimate of drug-likeness (QED) is 0.368. The van der Waals surface area contributed by atoms with E-state index in [1.54, 1.807) is 0 Å². The second-order valence-electron chi connectivity index (χ2n) is 5.84. The molecule has 2 aromatic rings. The van der Waals surface area contributed by atoms with E-state index in [1.165, 1.54) is 19.2 Å². The van der Waals surface area contributed by atoms with Crippen LogP contribution >= 0.6 is 11.6 Å². The first-order chi connectivity index (χ1) is 12.5. The van der Waals surface area contributed by atoms with Crippen LogP contribution in [-0.4, -0.2) is 32.7 Å². The number of unbranched alkanes of at least 4 members (excludes halogenated alkanes) is 2. The molecule has 0 bridgehead atoms. The van der Waals surface area contributed by atoms with Crippen molar-refractivity contribution in [1.82, 2.24) is 0 Å². The Balaban J connectivity index is 2.33. The summed E-state index contributed by atoms with van der Waals surface area (Å²) in [7, 11) is 1.52. The van der Waals surface area contributed by atoms with E-state index in [-0.39, 0.29) is 34.4 Å². The molecule has 1 aromatic heterocycles. The summed E-state index contributed by atoms with van der Waals surface area (Å²) in [4.78, 5) is 24.6. The zero-order valence-electron chi connectivity index (χ0n) is 14.7. The Morgan fingerprint density at radius 1 is 1.23 bits per heavy atom. The van der Waals surface area contributed by atoms with Crippen molar-refractivity contribution in [3.63, 3.8) is 0 Å². The number of Topliss-reactive ketones (excluding diaryl/α,β-unsaturated/α-hetero) is 1. The molecule has 1 heterocycles. The van der Waals surface area contributed by atoms with Gasteiger partial charge >= 0.3 is 11.6 Å². The van der Waals surface area contributed by atoms with E-state index < -0.39 is 5.63 Å². The summed E-state index contributed by atoms with van der Waals surface area (Å²) >= 11 is 6.27. The van der Waals surface area contributed by atoms with Crippen LogP contribution in [0.15, 0.2) is 21.3 Å². The van der Waals surface area contributed by atoms with Crippen molar-refractivity contribution >= 4 is 33.8 Å². The maximum Gasteiger partial charge on any atom is 0.346 e. The van der Waals surface area contributed by atoms with Gasteiger partial charge in [0, 0.05) is 30.2 Å². The van der Waals surface area contributed by atoms with Crippen LogP contribution in [0.5, 0.6) is 5.95 Å². The molecule has 7 nitrogen and oxygen atoms in total. The smallest absolute Gasteiger partial charge is 0.346 e. The Labute approximate surface area is 156 Å². The number of nitrogens with two attached hydrogens (primary N) is 2. The summed E-state index contributed by atoms with van der Waals surface area (Å²) in [5.41, 5.74) is 11.4. The van der Waals surface area contributed by atoms with Crippen LogP contribution in [0.4, 0.5) is 5.69 Å². The Morgan fingerprint density at radius 2 is 2.00 bits per heavy atom. The molecule has 26 heavy (non-hydrogen) atoms. The van der Waals surface area contributed by atoms with Gasteiger partial charge in [0.2, 0.25) is 0 Å². The summed E-state index contributed by atoms with van der Waals surface area (Å²) in [6.45, 7) is 1.08. The van der Waals surface area contributed by atoms with Crippen molar-refractivity contribution in [2.45, 2.75) is 25.7 Å². The van der Waals surface area contributed by atoms with Crippen LogP contribution in [0.25, 0.3) is 10.8 Å². The van der Waals surface area contributed by atoms with Crippen molar-refractivity contribution in [2.75, 3.05) is 32.6 Å². The number of halogens is 1. The predicted molar refractivity (Wildman–Crippen MR) is 101 cm³/mol. The highest BCUT2D eigenvalue weighted by molar-refractivity contribution is 6.37. The molecule has 0 saturated heterocycles. The number of hydrogen-bond donors (Lipinski definition) is 2. The molecule has 0 saturated carbocycles. The van der Waals surface area contributed by atoms with Gasteiger partial charge in [-0.2, -0.15) is 0 Å². The number of rotatable bonds is 10. The zero-order chi connectivity index (χ0) is 19.1. The lowest BCUT2D eigenvalue weighted by atomic mass is 10.0. The number of carbonyl (C=O) groups is 1. The van der Waals surface area contributed by atoms with Gasteiger partial charge in [-0.3, -0.25) is 4.79 Å². The highest BCUT2D eigenvalue weighted by Crippen LogP contribution is 2.35. The summed E-state index contributed by atoms with van der Waals surface area (Å²) < 4.78 is 15.3. The third kappa shape index (κ3) is 4.75. The van der Waals surface area contributed by atoms with Gasteiger partial charge in [-0.05, 0) is 31.5 Å². The first kappa shape index (κ1) is 20.2. The molecule has 4 N–H and O–H groups in total. The first-order valence-corrected chi connectivity index (χ1v) is 8.78. The molecular weight excluding hydrogens is 360 g/mol. The van der Waals surface area contributed by atoms with Crippen molar-refractivity contribution in [2.24, 2.45) is 5.73 Å². The summed E-state index contributed by atoms with van der Waals surface area (Å²) in [6, 6.07) is 2.99. The molecule has 8 heteroatoms. The van der Waals surface area contributed by atoms with E-state index in [4.69, 9.17) is 37.0 Å². The molecule has 0 aliphatic carbocycles. The van der Waals surface area contributed by atoms with Crippen molar-refractivity contribution in [1.29, 1.82) is 0 Å². The average Bonchev–Trinajstić information content (AvgIpc) is 2.62. The molecule has 1 aromatic carbocycles. The van der Waals surface area contributed by atoms with E-state index in [1.807, 2.05) is 0 Å². The van der Waals surface area contributed by atoms with Crippen LogP contribution in [0.1, 0.15) is 36.0 Å². The minimum Gasteiger partial charge on any atom is -0.462 e. The molecular formula is C18H23ClN2O5. The maximum absolute atomic E-state index is 12.4. The van der Waals surface area contributed by atoms with E-state index in [9.17, 15) is 9.59 Å². The number of anilines is 1. The minimum atomic E-state index is -0.665. The predicted octanol–water partition coefficient (Wildman–Crippen LogP) is 2.76. The normalized spacial score (nSPS) is 11.0. The molecule has 0 aliphatic rings. The van der Waals surface area contributed by atoms with Crippen molar-refractivity contribution < 1.29 is 18.7 Å². The Bertz CT molecular complexity index is 834. The minimum absolute atomic E-state index is 0.0911. The van der Waals surface area contributed by atoms with Gasteiger partial charge in [0.1, 0.15) is 11.6 Å². The van der Waals surface area contributed by atoms with Crippen LogP contribution in [-0.2, 0) is 4.74 Å². The topological polar surface area (TPSA) is 118 Å². The average molecular weight is 383 g/mol. The second kappa shape index (κ2) is 9.56. The largest absolute Gasteiger partial charge is 0.462 e. The van der Waals surface area contributed by atoms with Gasteiger partial charge in [0.05, 0.1) is 12.0 Å². The Kier molecular flexibility index (Phi) is 7.44. The highest BCUT2D eigenvalue weighted by Gasteiger charge is 2.18. The number of ether oxygens (including phenoxy) is 2. The third-order valence-corrected chi connectivity index (χ3v) is 4.27. The van der Waals surface area contributed by atoms with Crippen LogP contribution in [0.2, 0.25) is 5.02 Å². The standard InChI is InChI=1S/C18H23ClN2O5/c1-24-7-8-25-18-16(19)15-12(17(23)26-18)9-11(10-13(15)21)14(22)5-3-2-4-6-20/h9-10H,2-8,20-21H2,1H3. The monoisotopic (exact) mass is 382 g/mol. The molecule has 0 spiro atoms. The summed E-state index contributed by atoms with van der Waals surface area (Å²) in [5, 5.41) is 0.560. The summed E-state index contributed by atoms with van der Waals surface area (Å²) in [6.07, 6.45) is 2.84. The number of hydrogen-bond acceptors (Lipinski definition) is 7. The van der Waals surface area contributed by atoms with Gasteiger partial charge in [0.15, 0.2) is 5.78 Å². The zero-order valence-corrected chi connectivity index (χ0v) is 15.4. The van der Waals surface area contributed by atoms with Gasteiger partial charge in [-0.25, -0.2) is 4.79 Å². The van der Waals surface area contributed by atoms with Crippen molar-refractivity contribution in [3.05, 3.63) is 33.1 Å². The van der Waals surface area contributed by atoms with E-state index >= 15 is 0 Å². The Morgan fingerprint density at radius 3 is 2.69 bits per heavy atom. The van der Waals surface area contributed by atoms with E-state index in [0.29, 0.717) is 30.5 Å².